The van der Waals surface area contributed by atoms with E-state index in [0.717, 1.165) is 12.8 Å². The van der Waals surface area contributed by atoms with Crippen LogP contribution in [0.2, 0.25) is 0 Å². The summed E-state index contributed by atoms with van der Waals surface area (Å²) in [5, 5.41) is 2.47. The van der Waals surface area contributed by atoms with E-state index >= 15 is 0 Å². The lowest BCUT2D eigenvalue weighted by atomic mass is 9.93. The molecule has 5 heteroatoms. The van der Waals surface area contributed by atoms with Crippen molar-refractivity contribution in [2.75, 3.05) is 13.1 Å². The number of hydrogen-bond donors (Lipinski definition) is 1. The summed E-state index contributed by atoms with van der Waals surface area (Å²) in [4.78, 5) is 0. The van der Waals surface area contributed by atoms with Crippen LogP contribution in [0.1, 0.15) is 12.8 Å². The first-order valence-electron chi connectivity index (χ1n) is 5.54. The van der Waals surface area contributed by atoms with E-state index in [2.05, 4.69) is 17.5 Å². The Kier molecular flexibility index (Phi) is 3.24. The van der Waals surface area contributed by atoms with Crippen LogP contribution >= 0.6 is 0 Å². The molecule has 3 atom stereocenters. The number of rotatable bonds is 5. The second-order valence-corrected chi connectivity index (χ2v) is 4.73. The first kappa shape index (κ1) is 11.9. The number of halogens is 4. The van der Waals surface area contributed by atoms with E-state index in [4.69, 9.17) is 0 Å². The Morgan fingerprint density at radius 1 is 1.25 bits per heavy atom. The van der Waals surface area contributed by atoms with Gasteiger partial charge in [-0.1, -0.05) is 12.2 Å². The van der Waals surface area contributed by atoms with E-state index in [1.807, 2.05) is 0 Å². The quantitative estimate of drug-likeness (QED) is 0.572. The number of nitrogens with one attached hydrogen (secondary N) is 1. The van der Waals surface area contributed by atoms with Gasteiger partial charge in [0.1, 0.15) is 0 Å². The van der Waals surface area contributed by atoms with Gasteiger partial charge in [0.25, 0.3) is 0 Å². The van der Waals surface area contributed by atoms with Crippen molar-refractivity contribution in [2.24, 2.45) is 17.8 Å². The first-order valence-corrected chi connectivity index (χ1v) is 5.54. The fourth-order valence-electron chi connectivity index (χ4n) is 2.63. The predicted octanol–water partition coefficient (Wildman–Crippen LogP) is 2.69. The molecule has 2 aliphatic carbocycles. The highest BCUT2D eigenvalue weighted by Crippen LogP contribution is 2.43. The zero-order valence-electron chi connectivity index (χ0n) is 8.80. The third-order valence-corrected chi connectivity index (χ3v) is 3.50. The monoisotopic (exact) mass is 237 g/mol. The molecule has 1 N–H and O–H groups in total. The molecule has 2 aliphatic rings. The molecule has 0 saturated heterocycles. The van der Waals surface area contributed by atoms with E-state index in [9.17, 15) is 17.6 Å². The molecule has 0 heterocycles. The van der Waals surface area contributed by atoms with Gasteiger partial charge in [0.2, 0.25) is 0 Å². The van der Waals surface area contributed by atoms with Crippen LogP contribution in [0, 0.1) is 17.8 Å². The normalized spacial score (nSPS) is 32.9. The van der Waals surface area contributed by atoms with Crippen molar-refractivity contribution >= 4 is 0 Å². The molecule has 16 heavy (non-hydrogen) atoms. The minimum Gasteiger partial charge on any atom is -0.311 e. The first-order chi connectivity index (χ1) is 7.49. The second-order valence-electron chi connectivity index (χ2n) is 4.73. The maximum atomic E-state index is 12.6. The van der Waals surface area contributed by atoms with Gasteiger partial charge < -0.3 is 5.32 Å². The zero-order valence-corrected chi connectivity index (χ0v) is 8.80. The van der Waals surface area contributed by atoms with Gasteiger partial charge in [0.05, 0.1) is 6.54 Å². The zero-order chi connectivity index (χ0) is 11.8. The fourth-order valence-corrected chi connectivity index (χ4v) is 2.63. The summed E-state index contributed by atoms with van der Waals surface area (Å²) >= 11 is 0. The van der Waals surface area contributed by atoms with Gasteiger partial charge in [-0.2, -0.15) is 8.78 Å². The van der Waals surface area contributed by atoms with E-state index in [0.29, 0.717) is 24.3 Å². The third kappa shape index (κ3) is 2.39. The van der Waals surface area contributed by atoms with Crippen LogP contribution in [0.4, 0.5) is 17.6 Å². The van der Waals surface area contributed by atoms with Gasteiger partial charge in [-0.05, 0) is 37.1 Å². The molecule has 1 fully saturated rings. The Morgan fingerprint density at radius 3 is 2.50 bits per heavy atom. The Morgan fingerprint density at radius 2 is 2.00 bits per heavy atom. The van der Waals surface area contributed by atoms with Gasteiger partial charge in [-0.25, -0.2) is 8.78 Å². The smallest absolute Gasteiger partial charge is 0.311 e. The Hall–Kier alpha value is -0.580. The number of hydrogen-bond acceptors (Lipinski definition) is 1. The molecular weight excluding hydrogens is 222 g/mol. The lowest BCUT2D eigenvalue weighted by molar-refractivity contribution is -0.125. The number of allylic oxidation sites excluding steroid dienone is 2. The molecule has 0 amide bonds. The van der Waals surface area contributed by atoms with Crippen LogP contribution in [0.15, 0.2) is 12.2 Å². The topological polar surface area (TPSA) is 12.0 Å². The molecule has 0 aromatic heterocycles. The summed E-state index contributed by atoms with van der Waals surface area (Å²) in [7, 11) is 0. The highest BCUT2D eigenvalue weighted by atomic mass is 19.3. The summed E-state index contributed by atoms with van der Waals surface area (Å²) in [5.74, 6) is -2.54. The van der Waals surface area contributed by atoms with Crippen LogP contribution in [0.25, 0.3) is 0 Å². The van der Waals surface area contributed by atoms with Crippen LogP contribution in [-0.4, -0.2) is 25.4 Å². The van der Waals surface area contributed by atoms with E-state index < -0.39 is 18.9 Å². The molecule has 0 aromatic carbocycles. The van der Waals surface area contributed by atoms with Crippen LogP contribution in [0.5, 0.6) is 0 Å². The van der Waals surface area contributed by atoms with Crippen molar-refractivity contribution in [2.45, 2.75) is 25.2 Å². The molecule has 0 spiro atoms. The predicted molar refractivity (Wildman–Crippen MR) is 52.7 cm³/mol. The summed E-state index contributed by atoms with van der Waals surface area (Å²) in [6, 6.07) is 0. The average Bonchev–Trinajstić information content (AvgIpc) is 2.78. The lowest BCUT2D eigenvalue weighted by Crippen LogP contribution is -2.40. The maximum Gasteiger partial charge on any atom is 0.319 e. The van der Waals surface area contributed by atoms with Crippen molar-refractivity contribution in [1.82, 2.24) is 5.32 Å². The average molecular weight is 237 g/mol. The van der Waals surface area contributed by atoms with Gasteiger partial charge in [0.15, 0.2) is 0 Å². The SMILES string of the molecule is FC(F)C(F)(F)CNCC1CC2C=CC1C2. The molecule has 1 nitrogen and oxygen atoms in total. The molecule has 0 radical (unpaired) electrons. The van der Waals surface area contributed by atoms with Crippen LogP contribution < -0.4 is 5.32 Å². The Labute approximate surface area is 91.9 Å². The summed E-state index contributed by atoms with van der Waals surface area (Å²) < 4.78 is 48.9. The summed E-state index contributed by atoms with van der Waals surface area (Å²) in [6.45, 7) is -0.518. The molecule has 0 aromatic rings. The highest BCUT2D eigenvalue weighted by Gasteiger charge is 2.41. The maximum absolute atomic E-state index is 12.6. The van der Waals surface area contributed by atoms with Gasteiger partial charge >= 0.3 is 12.3 Å². The van der Waals surface area contributed by atoms with Crippen molar-refractivity contribution in [3.63, 3.8) is 0 Å². The Balaban J connectivity index is 1.71. The second kappa shape index (κ2) is 4.35. The molecule has 1 saturated carbocycles. The minimum atomic E-state index is -3.91. The van der Waals surface area contributed by atoms with Crippen molar-refractivity contribution in [3.05, 3.63) is 12.2 Å². The minimum absolute atomic E-state index is 0.337. The molecular formula is C11H15F4N. The molecule has 0 aliphatic heterocycles. The summed E-state index contributed by atoms with van der Waals surface area (Å²) in [6.07, 6.45) is 2.78. The number of fused-ring (bicyclic) bond motifs is 2. The summed E-state index contributed by atoms with van der Waals surface area (Å²) in [5.41, 5.74) is 0. The largest absolute Gasteiger partial charge is 0.319 e. The Bertz CT molecular complexity index is 277. The van der Waals surface area contributed by atoms with E-state index in [1.165, 1.54) is 0 Å². The lowest BCUT2D eigenvalue weighted by Gasteiger charge is -2.21. The van der Waals surface area contributed by atoms with Crippen LogP contribution in [-0.2, 0) is 0 Å². The highest BCUT2D eigenvalue weighted by molar-refractivity contribution is 5.10. The molecule has 3 unspecified atom stereocenters. The van der Waals surface area contributed by atoms with Crippen molar-refractivity contribution in [1.29, 1.82) is 0 Å². The van der Waals surface area contributed by atoms with Gasteiger partial charge in [0, 0.05) is 0 Å². The third-order valence-electron chi connectivity index (χ3n) is 3.50. The van der Waals surface area contributed by atoms with Crippen molar-refractivity contribution < 1.29 is 17.6 Å². The standard InChI is InChI=1S/C11H15F4N/c12-10(13)11(14,15)6-16-5-9-4-7-1-2-8(9)3-7/h1-2,7-10,16H,3-6H2. The fraction of sp³-hybridized carbons (Fsp3) is 0.818. The van der Waals surface area contributed by atoms with E-state index in [1.54, 1.807) is 0 Å². The van der Waals surface area contributed by atoms with E-state index in [-0.39, 0.29) is 0 Å². The molecule has 92 valence electrons. The molecule has 2 bridgehead atoms. The van der Waals surface area contributed by atoms with Crippen LogP contribution in [0.3, 0.4) is 0 Å². The van der Waals surface area contributed by atoms with Crippen molar-refractivity contribution in [3.8, 4) is 0 Å². The molecule has 2 rings (SSSR count). The van der Waals surface area contributed by atoms with Gasteiger partial charge in [-0.15, -0.1) is 0 Å². The van der Waals surface area contributed by atoms with Gasteiger partial charge in [-0.3, -0.25) is 0 Å². The number of alkyl halides is 4.